The molecule has 1 aromatic rings. The second-order valence-electron chi connectivity index (χ2n) is 4.07. The average molecular weight is 251 g/mol. The summed E-state index contributed by atoms with van der Waals surface area (Å²) in [6.45, 7) is 1.85. The van der Waals surface area contributed by atoms with Gasteiger partial charge in [-0.1, -0.05) is 12.2 Å². The Morgan fingerprint density at radius 3 is 2.29 bits per heavy atom. The lowest BCUT2D eigenvalue weighted by molar-refractivity contribution is -0.119. The highest BCUT2D eigenvalue weighted by molar-refractivity contribution is 7.80. The number of nitrogens with one attached hydrogen (secondary N) is 1. The first-order valence-corrected chi connectivity index (χ1v) is 5.70. The zero-order valence-electron chi connectivity index (χ0n) is 10.2. The average Bonchev–Trinajstić information content (AvgIpc) is 2.28. The van der Waals surface area contributed by atoms with Gasteiger partial charge in [0.2, 0.25) is 5.91 Å². The molecule has 5 heteroatoms. The van der Waals surface area contributed by atoms with Gasteiger partial charge in [-0.2, -0.15) is 0 Å². The van der Waals surface area contributed by atoms with Gasteiger partial charge in [-0.05, 0) is 45.3 Å². The molecule has 4 nitrogen and oxygen atoms in total. The maximum Gasteiger partial charge on any atom is 0.241 e. The number of likely N-dealkylation sites (N-methyl/N-ethyl adjacent to an activating group) is 1. The molecule has 1 aromatic carbocycles. The Bertz CT molecular complexity index is 414. The number of benzene rings is 1. The van der Waals surface area contributed by atoms with Crippen LogP contribution in [0.3, 0.4) is 0 Å². The highest BCUT2D eigenvalue weighted by Crippen LogP contribution is 2.10. The van der Waals surface area contributed by atoms with Gasteiger partial charge in [0, 0.05) is 11.3 Å². The normalized spacial score (nSPS) is 12.2. The van der Waals surface area contributed by atoms with Gasteiger partial charge >= 0.3 is 0 Å². The van der Waals surface area contributed by atoms with Gasteiger partial charge in [0.15, 0.2) is 0 Å². The number of rotatable bonds is 4. The van der Waals surface area contributed by atoms with Gasteiger partial charge in [-0.3, -0.25) is 9.69 Å². The van der Waals surface area contributed by atoms with Crippen molar-refractivity contribution in [2.24, 2.45) is 5.73 Å². The van der Waals surface area contributed by atoms with Gasteiger partial charge < -0.3 is 11.1 Å². The summed E-state index contributed by atoms with van der Waals surface area (Å²) in [7, 11) is 3.72. The maximum atomic E-state index is 11.8. The van der Waals surface area contributed by atoms with Crippen molar-refractivity contribution in [3.8, 4) is 0 Å². The van der Waals surface area contributed by atoms with Crippen LogP contribution in [0.1, 0.15) is 12.5 Å². The van der Waals surface area contributed by atoms with E-state index in [1.807, 2.05) is 25.9 Å². The molecule has 0 spiro atoms. The van der Waals surface area contributed by atoms with Crippen LogP contribution < -0.4 is 11.1 Å². The molecule has 0 saturated carbocycles. The van der Waals surface area contributed by atoms with E-state index >= 15 is 0 Å². The number of nitrogens with zero attached hydrogens (tertiary/aromatic N) is 1. The van der Waals surface area contributed by atoms with Gasteiger partial charge in [0.05, 0.1) is 6.04 Å². The summed E-state index contributed by atoms with van der Waals surface area (Å²) < 4.78 is 0. The van der Waals surface area contributed by atoms with Crippen LogP contribution in [0.5, 0.6) is 0 Å². The quantitative estimate of drug-likeness (QED) is 0.790. The first-order valence-electron chi connectivity index (χ1n) is 5.29. The summed E-state index contributed by atoms with van der Waals surface area (Å²) in [5, 5.41) is 2.82. The lowest BCUT2D eigenvalue weighted by Gasteiger charge is -2.18. The number of thiocarbonyl (C=S) groups is 1. The van der Waals surface area contributed by atoms with E-state index in [1.165, 1.54) is 0 Å². The number of hydrogen-bond acceptors (Lipinski definition) is 3. The fourth-order valence-electron chi connectivity index (χ4n) is 1.20. The molecule has 0 radical (unpaired) electrons. The maximum absolute atomic E-state index is 11.8. The zero-order valence-corrected chi connectivity index (χ0v) is 11.0. The predicted octanol–water partition coefficient (Wildman–Crippen LogP) is 1.21. The van der Waals surface area contributed by atoms with Gasteiger partial charge in [-0.25, -0.2) is 0 Å². The standard InChI is InChI=1S/C12H17N3OS/c1-8(15(2)3)12(16)14-10-6-4-9(5-7-10)11(13)17/h4-8H,1-3H3,(H2,13,17)(H,14,16). The monoisotopic (exact) mass is 251 g/mol. The molecule has 3 N–H and O–H groups in total. The van der Waals surface area contributed by atoms with Crippen molar-refractivity contribution in [3.05, 3.63) is 29.8 Å². The van der Waals surface area contributed by atoms with Gasteiger partial charge in [0.25, 0.3) is 0 Å². The molecule has 1 atom stereocenters. The Morgan fingerprint density at radius 1 is 1.35 bits per heavy atom. The molecule has 0 aliphatic heterocycles. The summed E-state index contributed by atoms with van der Waals surface area (Å²) in [5.74, 6) is -0.0434. The summed E-state index contributed by atoms with van der Waals surface area (Å²) in [6, 6.07) is 6.98. The number of amides is 1. The summed E-state index contributed by atoms with van der Waals surface area (Å²) in [6.07, 6.45) is 0. The van der Waals surface area contributed by atoms with E-state index in [0.717, 1.165) is 11.3 Å². The fraction of sp³-hybridized carbons (Fsp3) is 0.333. The second-order valence-corrected chi connectivity index (χ2v) is 4.51. The molecule has 0 aromatic heterocycles. The van der Waals surface area contributed by atoms with E-state index in [0.29, 0.717) is 4.99 Å². The molecule has 0 aliphatic carbocycles. The van der Waals surface area contributed by atoms with Crippen molar-refractivity contribution in [1.29, 1.82) is 0 Å². The first kappa shape index (κ1) is 13.6. The molecule has 0 bridgehead atoms. The number of hydrogen-bond donors (Lipinski definition) is 2. The molecular formula is C12H17N3OS. The minimum atomic E-state index is -0.176. The Balaban J connectivity index is 2.70. The zero-order chi connectivity index (χ0) is 13.0. The minimum absolute atomic E-state index is 0.0434. The molecule has 0 aliphatic rings. The van der Waals surface area contributed by atoms with E-state index in [1.54, 1.807) is 24.3 Å². The molecule has 17 heavy (non-hydrogen) atoms. The third-order valence-electron chi connectivity index (χ3n) is 2.59. The van der Waals surface area contributed by atoms with Crippen molar-refractivity contribution in [3.63, 3.8) is 0 Å². The molecule has 0 fully saturated rings. The predicted molar refractivity (Wildman–Crippen MR) is 74.1 cm³/mol. The van der Waals surface area contributed by atoms with E-state index < -0.39 is 0 Å². The van der Waals surface area contributed by atoms with Gasteiger partial charge in [0.1, 0.15) is 4.99 Å². The molecule has 1 rings (SSSR count). The van der Waals surface area contributed by atoms with E-state index in [-0.39, 0.29) is 11.9 Å². The van der Waals surface area contributed by atoms with Crippen LogP contribution in [0.2, 0.25) is 0 Å². The molecule has 1 unspecified atom stereocenters. The molecule has 92 valence electrons. The van der Waals surface area contributed by atoms with Crippen molar-refractivity contribution in [1.82, 2.24) is 4.90 Å². The minimum Gasteiger partial charge on any atom is -0.389 e. The smallest absolute Gasteiger partial charge is 0.241 e. The molecular weight excluding hydrogens is 234 g/mol. The SMILES string of the molecule is CC(C(=O)Nc1ccc(C(N)=S)cc1)N(C)C. The van der Waals surface area contributed by atoms with Crippen LogP contribution >= 0.6 is 12.2 Å². The first-order chi connectivity index (χ1) is 7.91. The van der Waals surface area contributed by atoms with Crippen molar-refractivity contribution >= 4 is 28.8 Å². The lowest BCUT2D eigenvalue weighted by Crippen LogP contribution is -2.37. The summed E-state index contributed by atoms with van der Waals surface area (Å²) in [4.78, 5) is 14.0. The molecule has 0 saturated heterocycles. The third kappa shape index (κ3) is 3.80. The van der Waals surface area contributed by atoms with E-state index in [4.69, 9.17) is 18.0 Å². The number of anilines is 1. The van der Waals surface area contributed by atoms with E-state index in [9.17, 15) is 4.79 Å². The van der Waals surface area contributed by atoms with Crippen LogP contribution in [0.4, 0.5) is 5.69 Å². The van der Waals surface area contributed by atoms with E-state index in [2.05, 4.69) is 5.32 Å². The van der Waals surface area contributed by atoms with Crippen molar-refractivity contribution in [2.45, 2.75) is 13.0 Å². The highest BCUT2D eigenvalue weighted by atomic mass is 32.1. The van der Waals surface area contributed by atoms with Crippen LogP contribution in [-0.4, -0.2) is 35.9 Å². The number of nitrogens with two attached hydrogens (primary N) is 1. The largest absolute Gasteiger partial charge is 0.389 e. The second kappa shape index (κ2) is 5.75. The number of carbonyl (C=O) groups is 1. The Labute approximate surface area is 107 Å². The summed E-state index contributed by atoms with van der Waals surface area (Å²) >= 11 is 4.85. The topological polar surface area (TPSA) is 58.4 Å². The Hall–Kier alpha value is -1.46. The van der Waals surface area contributed by atoms with Gasteiger partial charge in [-0.15, -0.1) is 0 Å². The highest BCUT2D eigenvalue weighted by Gasteiger charge is 2.14. The summed E-state index contributed by atoms with van der Waals surface area (Å²) in [5.41, 5.74) is 7.02. The van der Waals surface area contributed by atoms with Crippen LogP contribution in [0.15, 0.2) is 24.3 Å². The fourth-order valence-corrected chi connectivity index (χ4v) is 1.34. The van der Waals surface area contributed by atoms with Crippen molar-refractivity contribution in [2.75, 3.05) is 19.4 Å². The van der Waals surface area contributed by atoms with Crippen LogP contribution in [-0.2, 0) is 4.79 Å². The Kier molecular flexibility index (Phi) is 4.60. The van der Waals surface area contributed by atoms with Crippen LogP contribution in [0.25, 0.3) is 0 Å². The number of carbonyl (C=O) groups excluding carboxylic acids is 1. The Morgan fingerprint density at radius 2 is 1.88 bits per heavy atom. The molecule has 1 amide bonds. The van der Waals surface area contributed by atoms with Crippen LogP contribution in [0, 0.1) is 0 Å². The third-order valence-corrected chi connectivity index (χ3v) is 2.83. The van der Waals surface area contributed by atoms with Crippen molar-refractivity contribution < 1.29 is 4.79 Å². The molecule has 0 heterocycles. The lowest BCUT2D eigenvalue weighted by atomic mass is 10.2.